The maximum Gasteiger partial charge on any atom is 0.305 e. The van der Waals surface area contributed by atoms with Gasteiger partial charge >= 0.3 is 5.97 Å². The summed E-state index contributed by atoms with van der Waals surface area (Å²) in [4.78, 5) is 53.4. The lowest BCUT2D eigenvalue weighted by Crippen LogP contribution is -2.74. The van der Waals surface area contributed by atoms with Gasteiger partial charge in [-0.3, -0.25) is 19.2 Å². The van der Waals surface area contributed by atoms with Crippen LogP contribution < -0.4 is 5.73 Å². The fourth-order valence-corrected chi connectivity index (χ4v) is 6.28. The molecular weight excluding hydrogens is 472 g/mol. The number of amides is 1. The van der Waals surface area contributed by atoms with Crippen molar-refractivity contribution in [3.8, 4) is 5.75 Å². The molecule has 1 aromatic carbocycles. The Labute approximate surface area is 207 Å². The molecule has 0 aromatic heterocycles. The first-order valence-electron chi connectivity index (χ1n) is 11.7. The minimum absolute atomic E-state index is 0.0634. The summed E-state index contributed by atoms with van der Waals surface area (Å²) >= 11 is 0. The quantitative estimate of drug-likeness (QED) is 0.272. The van der Waals surface area contributed by atoms with Crippen LogP contribution in [0.15, 0.2) is 29.5 Å². The highest BCUT2D eigenvalue weighted by Crippen LogP contribution is 2.56. The normalized spacial score (nSPS) is 35.7. The number of Topliss-reactive ketones (excluding diaryl/α,β-unsaturated/α-hetero) is 2. The number of nitrogens with two attached hydrogens (primary N) is 1. The highest BCUT2D eigenvalue weighted by atomic mass is 16.5. The number of carbonyl (C=O) groups is 4. The monoisotopic (exact) mass is 502 g/mol. The van der Waals surface area contributed by atoms with Crippen molar-refractivity contribution >= 4 is 23.4 Å². The number of ether oxygens (including phenoxy) is 1. The number of benzene rings is 1. The van der Waals surface area contributed by atoms with Crippen molar-refractivity contribution in [2.75, 3.05) is 14.1 Å². The minimum Gasteiger partial charge on any atom is -0.508 e. The maximum absolute atomic E-state index is 13.7. The van der Waals surface area contributed by atoms with E-state index in [9.17, 15) is 39.6 Å². The summed E-state index contributed by atoms with van der Waals surface area (Å²) in [6.07, 6.45) is -3.12. The first-order valence-corrected chi connectivity index (χ1v) is 11.7. The number of nitrogens with zero attached hydrogens (tertiary/aromatic N) is 1. The van der Waals surface area contributed by atoms with E-state index in [0.29, 0.717) is 5.56 Å². The van der Waals surface area contributed by atoms with Gasteiger partial charge in [0.25, 0.3) is 0 Å². The van der Waals surface area contributed by atoms with Crippen LogP contribution in [0.4, 0.5) is 0 Å². The lowest BCUT2D eigenvalue weighted by Gasteiger charge is -2.57. The number of aliphatic hydroxyl groups excluding tert-OH is 2. The Morgan fingerprint density at radius 2 is 1.83 bits per heavy atom. The zero-order valence-corrected chi connectivity index (χ0v) is 20.3. The average molecular weight is 503 g/mol. The molecule has 6 N–H and O–H groups in total. The zero-order valence-electron chi connectivity index (χ0n) is 20.3. The number of hydrogen-bond acceptors (Lipinski definition) is 10. The lowest BCUT2D eigenvalue weighted by atomic mass is 9.53. The predicted octanol–water partition coefficient (Wildman–Crippen LogP) is -0.222. The number of fused-ring (bicyclic) bond motifs is 3. The highest BCUT2D eigenvalue weighted by Gasteiger charge is 2.70. The summed E-state index contributed by atoms with van der Waals surface area (Å²) < 4.78 is 5.76. The van der Waals surface area contributed by atoms with Gasteiger partial charge in [0.1, 0.15) is 23.5 Å². The van der Waals surface area contributed by atoms with Gasteiger partial charge in [0.2, 0.25) is 5.91 Å². The Kier molecular flexibility index (Phi) is 6.22. The molecule has 11 heteroatoms. The van der Waals surface area contributed by atoms with Crippen molar-refractivity contribution < 1.29 is 44.3 Å². The Morgan fingerprint density at radius 1 is 1.19 bits per heavy atom. The molecule has 2 unspecified atom stereocenters. The van der Waals surface area contributed by atoms with Crippen molar-refractivity contribution in [3.63, 3.8) is 0 Å². The van der Waals surface area contributed by atoms with Crippen LogP contribution in [0.25, 0.3) is 0 Å². The molecule has 1 fully saturated rings. The second-order valence-corrected chi connectivity index (χ2v) is 9.94. The predicted molar refractivity (Wildman–Crippen MR) is 124 cm³/mol. The molecule has 36 heavy (non-hydrogen) atoms. The number of likely N-dealkylation sites (N-methyl/N-ethyl adjacent to an activating group) is 1. The van der Waals surface area contributed by atoms with Gasteiger partial charge in [-0.2, -0.15) is 0 Å². The van der Waals surface area contributed by atoms with Crippen LogP contribution in [0, 0.1) is 17.8 Å². The minimum atomic E-state index is -2.88. The van der Waals surface area contributed by atoms with Crippen LogP contribution in [-0.2, 0) is 19.1 Å². The standard InChI is InChI=1S/C25H30N2O9/c1-5-12(29)36-21-13-9(2)10-7-6-8-11(28)14(10)19(30)15(13)22(32)25(35)17(21)18(27(3)4)20(31)16(23(25)33)24(26)34/h6-9,13,16-18,20-21,28,31-32,35H,5H2,1-4H3,(H2,26,34)/t9-,13+,16?,17+,18-,20?,21-,25-/m0/s1. The molecule has 0 spiro atoms. The van der Waals surface area contributed by atoms with Crippen LogP contribution in [0.2, 0.25) is 0 Å². The van der Waals surface area contributed by atoms with Crippen molar-refractivity contribution in [1.29, 1.82) is 0 Å². The van der Waals surface area contributed by atoms with Gasteiger partial charge in [0, 0.05) is 24.0 Å². The molecule has 1 amide bonds. The Hall–Kier alpha value is -3.28. The van der Waals surface area contributed by atoms with E-state index < -0.39 is 82.3 Å². The van der Waals surface area contributed by atoms with E-state index in [-0.39, 0.29) is 17.7 Å². The summed E-state index contributed by atoms with van der Waals surface area (Å²) in [6, 6.07) is 3.28. The van der Waals surface area contributed by atoms with Gasteiger partial charge in [0.05, 0.1) is 17.6 Å². The summed E-state index contributed by atoms with van der Waals surface area (Å²) in [6.45, 7) is 3.25. The molecule has 0 aliphatic heterocycles. The maximum atomic E-state index is 13.7. The third kappa shape index (κ3) is 3.30. The molecule has 1 aromatic rings. The van der Waals surface area contributed by atoms with Crippen molar-refractivity contribution in [3.05, 3.63) is 40.7 Å². The van der Waals surface area contributed by atoms with E-state index in [1.807, 2.05) is 0 Å². The van der Waals surface area contributed by atoms with E-state index in [1.54, 1.807) is 26.0 Å². The van der Waals surface area contributed by atoms with Gasteiger partial charge in [-0.1, -0.05) is 26.0 Å². The number of aliphatic hydroxyl groups is 3. The Bertz CT molecular complexity index is 1190. The molecule has 8 atom stereocenters. The third-order valence-corrected chi connectivity index (χ3v) is 7.89. The Balaban J connectivity index is 2.08. The Morgan fingerprint density at radius 3 is 2.39 bits per heavy atom. The van der Waals surface area contributed by atoms with Gasteiger partial charge < -0.3 is 35.8 Å². The number of hydrogen-bond donors (Lipinski definition) is 5. The smallest absolute Gasteiger partial charge is 0.305 e. The number of phenols is 1. The summed E-state index contributed by atoms with van der Waals surface area (Å²) in [5, 5.41) is 44.9. The number of esters is 1. The van der Waals surface area contributed by atoms with E-state index in [4.69, 9.17) is 10.5 Å². The molecule has 1 saturated carbocycles. The second-order valence-electron chi connectivity index (χ2n) is 9.94. The van der Waals surface area contributed by atoms with E-state index >= 15 is 0 Å². The van der Waals surface area contributed by atoms with E-state index in [0.717, 1.165) is 0 Å². The van der Waals surface area contributed by atoms with Crippen LogP contribution in [0.3, 0.4) is 0 Å². The van der Waals surface area contributed by atoms with Gasteiger partial charge in [-0.05, 0) is 31.6 Å². The molecular formula is C25H30N2O9. The third-order valence-electron chi connectivity index (χ3n) is 7.89. The van der Waals surface area contributed by atoms with E-state index in [1.165, 1.54) is 25.1 Å². The topological polar surface area (TPSA) is 188 Å². The average Bonchev–Trinajstić information content (AvgIpc) is 2.80. The van der Waals surface area contributed by atoms with Crippen LogP contribution in [0.5, 0.6) is 5.75 Å². The number of primary amides is 1. The summed E-state index contributed by atoms with van der Waals surface area (Å²) in [5.74, 6) is -10.4. The number of ketones is 2. The van der Waals surface area contributed by atoms with Crippen LogP contribution >= 0.6 is 0 Å². The van der Waals surface area contributed by atoms with Gasteiger partial charge in [-0.25, -0.2) is 0 Å². The molecule has 3 aliphatic carbocycles. The van der Waals surface area contributed by atoms with Crippen molar-refractivity contribution in [2.24, 2.45) is 23.5 Å². The van der Waals surface area contributed by atoms with Crippen molar-refractivity contribution in [2.45, 2.75) is 50.0 Å². The molecule has 0 saturated heterocycles. The number of carbonyl (C=O) groups excluding carboxylic acids is 4. The van der Waals surface area contributed by atoms with Gasteiger partial charge in [0.15, 0.2) is 17.2 Å². The van der Waals surface area contributed by atoms with Crippen LogP contribution in [0.1, 0.15) is 42.1 Å². The zero-order chi connectivity index (χ0) is 26.9. The fourth-order valence-electron chi connectivity index (χ4n) is 6.28. The fraction of sp³-hybridized carbons (Fsp3) is 0.520. The molecule has 11 nitrogen and oxygen atoms in total. The summed E-state index contributed by atoms with van der Waals surface area (Å²) in [5.41, 5.74) is 2.46. The SMILES string of the molecule is CCC(=O)O[C@H]1[C@H]2C(=C(O)[C@]3(O)C(=O)C(C(N)=O)C(O)[C@@H](N(C)C)[C@H]13)C(=O)c1c(O)cccc1[C@@H]2C. The number of aromatic hydroxyl groups is 1. The number of phenolic OH excluding ortho intramolecular Hbond substituents is 1. The molecule has 4 rings (SSSR count). The molecule has 194 valence electrons. The largest absolute Gasteiger partial charge is 0.508 e. The first-order chi connectivity index (χ1) is 16.8. The van der Waals surface area contributed by atoms with Gasteiger partial charge in [-0.15, -0.1) is 0 Å². The second kappa shape index (κ2) is 8.68. The lowest BCUT2D eigenvalue weighted by molar-refractivity contribution is -0.203. The highest BCUT2D eigenvalue weighted by molar-refractivity contribution is 6.16. The molecule has 0 bridgehead atoms. The molecule has 3 aliphatic rings. The molecule has 0 heterocycles. The number of rotatable bonds is 4. The first kappa shape index (κ1) is 25.8. The van der Waals surface area contributed by atoms with Crippen molar-refractivity contribution in [1.82, 2.24) is 4.90 Å². The summed E-state index contributed by atoms with van der Waals surface area (Å²) in [7, 11) is 3.06. The molecule has 0 radical (unpaired) electrons. The van der Waals surface area contributed by atoms with Crippen LogP contribution in [-0.4, -0.2) is 86.7 Å². The van der Waals surface area contributed by atoms with E-state index in [2.05, 4.69) is 0 Å².